The number of hydrogen-bond donors (Lipinski definition) is 0. The minimum absolute atomic E-state index is 1.34. The van der Waals surface area contributed by atoms with Crippen molar-refractivity contribution in [2.75, 3.05) is 0 Å². The average Bonchev–Trinajstić information content (AvgIpc) is 2.64. The van der Waals surface area contributed by atoms with Crippen LogP contribution in [0.3, 0.4) is 0 Å². The standard InChI is InChI=1S/C13H10S2/c1-9-8-10-4-2-3-5-12(10)15-13-11(9)6-7-14-13/h2-8H,1H3. The quantitative estimate of drug-likeness (QED) is 0.628. The van der Waals surface area contributed by atoms with Crippen LogP contribution in [0.1, 0.15) is 18.1 Å². The molecular formula is C13H10S2. The van der Waals surface area contributed by atoms with Gasteiger partial charge in [-0.15, -0.1) is 11.3 Å². The molecule has 1 aliphatic heterocycles. The van der Waals surface area contributed by atoms with Crippen molar-refractivity contribution in [2.24, 2.45) is 0 Å². The van der Waals surface area contributed by atoms with Crippen LogP contribution in [0.4, 0.5) is 0 Å². The predicted molar refractivity (Wildman–Crippen MR) is 68.4 cm³/mol. The summed E-state index contributed by atoms with van der Waals surface area (Å²) in [5.74, 6) is 0. The monoisotopic (exact) mass is 230 g/mol. The topological polar surface area (TPSA) is 0 Å². The second kappa shape index (κ2) is 3.54. The molecule has 1 aliphatic rings. The number of rotatable bonds is 0. The van der Waals surface area contributed by atoms with E-state index >= 15 is 0 Å². The average molecular weight is 230 g/mol. The molecule has 0 radical (unpaired) electrons. The van der Waals surface area contributed by atoms with Crippen LogP contribution in [0.25, 0.3) is 11.6 Å². The van der Waals surface area contributed by atoms with Crippen molar-refractivity contribution in [3.8, 4) is 0 Å². The second-order valence-corrected chi connectivity index (χ2v) is 5.82. The van der Waals surface area contributed by atoms with Crippen molar-refractivity contribution in [3.05, 3.63) is 46.8 Å². The van der Waals surface area contributed by atoms with Crippen molar-refractivity contribution in [3.63, 3.8) is 0 Å². The lowest BCUT2D eigenvalue weighted by Gasteiger charge is -2.00. The Morgan fingerprint density at radius 2 is 1.93 bits per heavy atom. The van der Waals surface area contributed by atoms with Crippen molar-refractivity contribution in [2.45, 2.75) is 16.0 Å². The first-order valence-electron chi connectivity index (χ1n) is 4.87. The maximum atomic E-state index is 2.28. The normalized spacial score (nSPS) is 13.8. The van der Waals surface area contributed by atoms with Crippen LogP contribution >= 0.6 is 23.1 Å². The maximum absolute atomic E-state index is 2.28. The highest BCUT2D eigenvalue weighted by molar-refractivity contribution is 8.01. The van der Waals surface area contributed by atoms with Gasteiger partial charge in [0.15, 0.2) is 0 Å². The zero-order chi connectivity index (χ0) is 10.3. The first-order chi connectivity index (χ1) is 7.34. The minimum Gasteiger partial charge on any atom is -0.136 e. The first-order valence-corrected chi connectivity index (χ1v) is 6.57. The predicted octanol–water partition coefficient (Wildman–Crippen LogP) is 4.77. The van der Waals surface area contributed by atoms with Gasteiger partial charge in [0.1, 0.15) is 0 Å². The molecule has 0 nitrogen and oxygen atoms in total. The fraction of sp³-hybridized carbons (Fsp3) is 0.0769. The molecule has 1 aromatic heterocycles. The van der Waals surface area contributed by atoms with E-state index in [4.69, 9.17) is 0 Å². The molecule has 2 aromatic rings. The second-order valence-electron chi connectivity index (χ2n) is 3.59. The Balaban J connectivity index is 2.25. The van der Waals surface area contributed by atoms with E-state index in [9.17, 15) is 0 Å². The number of fused-ring (bicyclic) bond motifs is 2. The summed E-state index contributed by atoms with van der Waals surface area (Å²) < 4.78 is 1.41. The van der Waals surface area contributed by atoms with E-state index < -0.39 is 0 Å². The van der Waals surface area contributed by atoms with Crippen LogP contribution in [-0.2, 0) is 0 Å². The van der Waals surface area contributed by atoms with Crippen molar-refractivity contribution >= 4 is 34.7 Å². The van der Waals surface area contributed by atoms with E-state index in [1.54, 1.807) is 0 Å². The Hall–Kier alpha value is -0.990. The van der Waals surface area contributed by atoms with Gasteiger partial charge in [-0.1, -0.05) is 36.0 Å². The van der Waals surface area contributed by atoms with Gasteiger partial charge in [0.05, 0.1) is 4.21 Å². The molecule has 0 spiro atoms. The van der Waals surface area contributed by atoms with Gasteiger partial charge in [-0.3, -0.25) is 0 Å². The Bertz CT molecular complexity index is 535. The molecule has 0 fully saturated rings. The van der Waals surface area contributed by atoms with Crippen LogP contribution in [0.15, 0.2) is 44.8 Å². The molecule has 0 atom stereocenters. The molecule has 1 aromatic carbocycles. The van der Waals surface area contributed by atoms with Crippen LogP contribution in [0.5, 0.6) is 0 Å². The van der Waals surface area contributed by atoms with E-state index in [1.807, 2.05) is 23.1 Å². The molecule has 0 aliphatic carbocycles. The molecule has 0 N–H and O–H groups in total. The lowest BCUT2D eigenvalue weighted by atomic mass is 10.1. The zero-order valence-corrected chi connectivity index (χ0v) is 9.99. The Kier molecular flexibility index (Phi) is 2.19. The number of thiophene rings is 1. The Morgan fingerprint density at radius 3 is 2.87 bits per heavy atom. The highest BCUT2D eigenvalue weighted by Gasteiger charge is 2.13. The fourth-order valence-electron chi connectivity index (χ4n) is 1.77. The smallest absolute Gasteiger partial charge is 0.0721 e. The summed E-state index contributed by atoms with van der Waals surface area (Å²) in [6, 6.07) is 10.8. The summed E-state index contributed by atoms with van der Waals surface area (Å²) in [5.41, 5.74) is 4.09. The van der Waals surface area contributed by atoms with Gasteiger partial charge >= 0.3 is 0 Å². The fourth-order valence-corrected chi connectivity index (χ4v) is 4.01. The van der Waals surface area contributed by atoms with Crippen LogP contribution in [0, 0.1) is 0 Å². The summed E-state index contributed by atoms with van der Waals surface area (Å²) in [5, 5.41) is 2.17. The molecule has 0 bridgehead atoms. The summed E-state index contributed by atoms with van der Waals surface area (Å²) >= 11 is 3.71. The van der Waals surface area contributed by atoms with E-state index in [1.165, 1.54) is 25.8 Å². The Labute approximate surface area is 97.7 Å². The third-order valence-electron chi connectivity index (χ3n) is 2.55. The van der Waals surface area contributed by atoms with Crippen LogP contribution < -0.4 is 0 Å². The van der Waals surface area contributed by atoms with E-state index in [0.717, 1.165) is 0 Å². The highest BCUT2D eigenvalue weighted by Crippen LogP contribution is 2.42. The largest absolute Gasteiger partial charge is 0.136 e. The molecule has 0 saturated carbocycles. The van der Waals surface area contributed by atoms with E-state index in [0.29, 0.717) is 0 Å². The summed E-state index contributed by atoms with van der Waals surface area (Å²) in [6.07, 6.45) is 2.28. The molecule has 0 amide bonds. The van der Waals surface area contributed by atoms with Gasteiger partial charge in [0.25, 0.3) is 0 Å². The molecular weight excluding hydrogens is 220 g/mol. The molecule has 0 saturated heterocycles. The van der Waals surface area contributed by atoms with Gasteiger partial charge in [0, 0.05) is 10.5 Å². The molecule has 2 heterocycles. The third-order valence-corrected chi connectivity index (χ3v) is 4.79. The van der Waals surface area contributed by atoms with Crippen molar-refractivity contribution < 1.29 is 0 Å². The lowest BCUT2D eigenvalue weighted by Crippen LogP contribution is -1.75. The SMILES string of the molecule is CC1=Cc2ccccc2Sc2sccc21. The minimum atomic E-state index is 1.34. The number of benzene rings is 1. The summed E-state index contributed by atoms with van der Waals surface area (Å²) in [4.78, 5) is 1.36. The number of allylic oxidation sites excluding steroid dienone is 1. The highest BCUT2D eigenvalue weighted by atomic mass is 32.2. The summed E-state index contributed by atoms with van der Waals surface area (Å²) in [6.45, 7) is 2.19. The zero-order valence-electron chi connectivity index (χ0n) is 8.36. The first kappa shape index (κ1) is 9.25. The number of hydrogen-bond acceptors (Lipinski definition) is 2. The molecule has 2 heteroatoms. The van der Waals surface area contributed by atoms with Gasteiger partial charge in [-0.2, -0.15) is 0 Å². The van der Waals surface area contributed by atoms with Gasteiger partial charge in [-0.05, 0) is 35.6 Å². The van der Waals surface area contributed by atoms with E-state index in [2.05, 4.69) is 48.7 Å². The maximum Gasteiger partial charge on any atom is 0.0721 e. The third kappa shape index (κ3) is 1.54. The molecule has 0 unspecified atom stereocenters. The summed E-state index contributed by atoms with van der Waals surface area (Å²) in [7, 11) is 0. The van der Waals surface area contributed by atoms with Gasteiger partial charge < -0.3 is 0 Å². The molecule has 74 valence electrons. The Morgan fingerprint density at radius 1 is 1.07 bits per heavy atom. The van der Waals surface area contributed by atoms with Crippen molar-refractivity contribution in [1.82, 2.24) is 0 Å². The lowest BCUT2D eigenvalue weighted by molar-refractivity contribution is 1.43. The van der Waals surface area contributed by atoms with Crippen molar-refractivity contribution in [1.29, 1.82) is 0 Å². The van der Waals surface area contributed by atoms with E-state index in [-0.39, 0.29) is 0 Å². The van der Waals surface area contributed by atoms with Crippen LogP contribution in [0.2, 0.25) is 0 Å². The molecule has 15 heavy (non-hydrogen) atoms. The van der Waals surface area contributed by atoms with Crippen LogP contribution in [-0.4, -0.2) is 0 Å². The molecule has 3 rings (SSSR count). The van der Waals surface area contributed by atoms with Gasteiger partial charge in [-0.25, -0.2) is 0 Å². The van der Waals surface area contributed by atoms with Gasteiger partial charge in [0.2, 0.25) is 0 Å².